The van der Waals surface area contributed by atoms with E-state index in [4.69, 9.17) is 0 Å². The molecule has 3 aromatic heterocycles. The zero-order chi connectivity index (χ0) is 19.7. The molecule has 0 aliphatic carbocycles. The average molecular weight is 384 g/mol. The maximum absolute atomic E-state index is 13.1. The van der Waals surface area contributed by atoms with Crippen molar-refractivity contribution in [2.75, 3.05) is 5.32 Å². The van der Waals surface area contributed by atoms with Crippen molar-refractivity contribution >= 4 is 11.5 Å². The highest BCUT2D eigenvalue weighted by Crippen LogP contribution is 2.29. The number of anilines is 1. The highest BCUT2D eigenvalue weighted by Gasteiger charge is 2.37. The van der Waals surface area contributed by atoms with Crippen LogP contribution < -0.4 is 5.32 Å². The van der Waals surface area contributed by atoms with E-state index in [0.717, 1.165) is 16.8 Å². The first-order chi connectivity index (χ1) is 13.4. The Morgan fingerprint density at radius 3 is 2.57 bits per heavy atom. The van der Waals surface area contributed by atoms with Crippen LogP contribution >= 0.6 is 0 Å². The van der Waals surface area contributed by atoms with Crippen LogP contribution in [0.15, 0.2) is 60.8 Å². The molecule has 0 radical (unpaired) electrons. The first-order valence-corrected chi connectivity index (χ1v) is 8.45. The summed E-state index contributed by atoms with van der Waals surface area (Å²) in [6.07, 6.45) is -2.99. The molecule has 9 heteroatoms. The smallest absolute Gasteiger partial charge is 0.356 e. The van der Waals surface area contributed by atoms with E-state index >= 15 is 0 Å². The molecule has 0 aliphatic heterocycles. The fourth-order valence-corrected chi connectivity index (χ4v) is 2.91. The lowest BCUT2D eigenvalue weighted by Crippen LogP contribution is -2.17. The lowest BCUT2D eigenvalue weighted by atomic mass is 10.0. The van der Waals surface area contributed by atoms with Crippen LogP contribution in [-0.4, -0.2) is 24.8 Å². The molecule has 0 bridgehead atoms. The zero-order valence-electron chi connectivity index (χ0n) is 14.7. The lowest BCUT2D eigenvalue weighted by molar-refractivity contribution is -0.146. The van der Waals surface area contributed by atoms with Gasteiger partial charge in [0.1, 0.15) is 5.82 Å². The normalized spacial score (nSPS) is 12.9. The minimum atomic E-state index is -4.65. The van der Waals surface area contributed by atoms with Gasteiger partial charge in [-0.05, 0) is 36.8 Å². The van der Waals surface area contributed by atoms with Crippen LogP contribution in [0.4, 0.5) is 19.0 Å². The third-order valence-corrected chi connectivity index (χ3v) is 4.17. The van der Waals surface area contributed by atoms with Gasteiger partial charge < -0.3 is 5.32 Å². The van der Waals surface area contributed by atoms with Crippen LogP contribution in [-0.2, 0) is 6.18 Å². The van der Waals surface area contributed by atoms with Crippen LogP contribution in [0, 0.1) is 6.92 Å². The topological polar surface area (TPSA) is 68.0 Å². The number of hydrogen-bond donors (Lipinski definition) is 1. The van der Waals surface area contributed by atoms with E-state index < -0.39 is 18.0 Å². The molecule has 1 aromatic carbocycles. The second-order valence-electron chi connectivity index (χ2n) is 6.26. The molecule has 142 valence electrons. The van der Waals surface area contributed by atoms with Crippen molar-refractivity contribution in [1.82, 2.24) is 24.8 Å². The molecule has 1 N–H and O–H groups in total. The minimum Gasteiger partial charge on any atom is -0.356 e. The quantitative estimate of drug-likeness (QED) is 0.575. The van der Waals surface area contributed by atoms with Gasteiger partial charge in [0.15, 0.2) is 5.65 Å². The van der Waals surface area contributed by atoms with Gasteiger partial charge in [-0.2, -0.15) is 17.7 Å². The molecule has 1 unspecified atom stereocenters. The number of hydrogen-bond acceptors (Lipinski definition) is 5. The molecule has 6 nitrogen and oxygen atoms in total. The fourth-order valence-electron chi connectivity index (χ4n) is 2.91. The van der Waals surface area contributed by atoms with Crippen LogP contribution in [0.2, 0.25) is 0 Å². The molecule has 0 spiro atoms. The van der Waals surface area contributed by atoms with Crippen molar-refractivity contribution in [3.05, 3.63) is 83.4 Å². The molecule has 0 saturated heterocycles. The van der Waals surface area contributed by atoms with E-state index in [1.807, 2.05) is 43.3 Å². The predicted molar refractivity (Wildman–Crippen MR) is 96.7 cm³/mol. The zero-order valence-corrected chi connectivity index (χ0v) is 14.7. The van der Waals surface area contributed by atoms with Crippen LogP contribution in [0.5, 0.6) is 0 Å². The maximum atomic E-state index is 13.1. The van der Waals surface area contributed by atoms with Gasteiger partial charge in [0.05, 0.1) is 11.7 Å². The van der Waals surface area contributed by atoms with Crippen molar-refractivity contribution in [2.45, 2.75) is 19.1 Å². The van der Waals surface area contributed by atoms with Crippen molar-refractivity contribution < 1.29 is 13.2 Å². The molecule has 4 rings (SSSR count). The number of halogens is 3. The second kappa shape index (κ2) is 6.91. The number of alkyl halides is 3. The number of fused-ring (bicyclic) bond motifs is 1. The molecule has 28 heavy (non-hydrogen) atoms. The molecule has 4 aromatic rings. The van der Waals surface area contributed by atoms with Gasteiger partial charge in [0.2, 0.25) is 0 Å². The van der Waals surface area contributed by atoms with E-state index in [9.17, 15) is 13.2 Å². The molecule has 0 amide bonds. The van der Waals surface area contributed by atoms with E-state index in [1.54, 1.807) is 18.3 Å². The summed E-state index contributed by atoms with van der Waals surface area (Å²) in [5.41, 5.74) is 2.71. The van der Waals surface area contributed by atoms with Gasteiger partial charge in [-0.1, -0.05) is 35.9 Å². The summed E-state index contributed by atoms with van der Waals surface area (Å²) in [7, 11) is 0. The van der Waals surface area contributed by atoms with Gasteiger partial charge >= 0.3 is 6.18 Å². The summed E-state index contributed by atoms with van der Waals surface area (Å²) in [5.74, 6) is -0.925. The standard InChI is InChI=1S/C19H15F3N6/c1-12-5-4-6-13(11-12)17(14-7-2-3-10-23-14)24-15-8-9-16-25-26-18(19(20,21)22)28(16)27-15/h2-11,17H,1H3,(H,24,27). The number of aryl methyl sites for hydroxylation is 1. The highest BCUT2D eigenvalue weighted by molar-refractivity contribution is 5.47. The molecule has 0 saturated carbocycles. The summed E-state index contributed by atoms with van der Waals surface area (Å²) >= 11 is 0. The molecule has 1 atom stereocenters. The van der Waals surface area contributed by atoms with Gasteiger partial charge in [-0.3, -0.25) is 4.98 Å². The van der Waals surface area contributed by atoms with Crippen molar-refractivity contribution in [1.29, 1.82) is 0 Å². The van der Waals surface area contributed by atoms with Crippen molar-refractivity contribution in [3.63, 3.8) is 0 Å². The maximum Gasteiger partial charge on any atom is 0.453 e. The first-order valence-electron chi connectivity index (χ1n) is 8.45. The third kappa shape index (κ3) is 3.51. The number of rotatable bonds is 4. The summed E-state index contributed by atoms with van der Waals surface area (Å²) in [6.45, 7) is 1.97. The van der Waals surface area contributed by atoms with Crippen LogP contribution in [0.25, 0.3) is 5.65 Å². The highest BCUT2D eigenvalue weighted by atomic mass is 19.4. The third-order valence-electron chi connectivity index (χ3n) is 4.17. The summed E-state index contributed by atoms with van der Waals surface area (Å²) < 4.78 is 40.1. The Hall–Kier alpha value is -3.49. The Balaban J connectivity index is 1.77. The lowest BCUT2D eigenvalue weighted by Gasteiger charge is -2.20. The number of nitrogens with zero attached hydrogens (tertiary/aromatic N) is 5. The molecule has 0 fully saturated rings. The molecule has 3 heterocycles. The Labute approximate surface area is 158 Å². The van der Waals surface area contributed by atoms with Crippen molar-refractivity contribution in [2.24, 2.45) is 0 Å². The van der Waals surface area contributed by atoms with E-state index in [1.165, 1.54) is 6.07 Å². The molecular weight excluding hydrogens is 369 g/mol. The van der Waals surface area contributed by atoms with E-state index in [0.29, 0.717) is 4.52 Å². The second-order valence-corrected chi connectivity index (χ2v) is 6.26. The van der Waals surface area contributed by atoms with E-state index in [-0.39, 0.29) is 11.5 Å². The summed E-state index contributed by atoms with van der Waals surface area (Å²) in [6, 6.07) is 15.9. The van der Waals surface area contributed by atoms with E-state index in [2.05, 4.69) is 25.6 Å². The first kappa shape index (κ1) is 17.9. The number of aromatic nitrogens is 5. The van der Waals surface area contributed by atoms with Gasteiger partial charge in [0, 0.05) is 6.20 Å². The number of pyridine rings is 1. The Bertz CT molecular complexity index is 1110. The van der Waals surface area contributed by atoms with Gasteiger partial charge in [-0.15, -0.1) is 15.3 Å². The average Bonchev–Trinajstić information content (AvgIpc) is 3.10. The Kier molecular flexibility index (Phi) is 4.42. The predicted octanol–water partition coefficient (Wildman–Crippen LogP) is 4.05. The Morgan fingerprint density at radius 2 is 1.86 bits per heavy atom. The number of nitrogens with one attached hydrogen (secondary N) is 1. The minimum absolute atomic E-state index is 0.0165. The Morgan fingerprint density at radius 1 is 1.00 bits per heavy atom. The fraction of sp³-hybridized carbons (Fsp3) is 0.158. The van der Waals surface area contributed by atoms with Crippen LogP contribution in [0.1, 0.15) is 28.7 Å². The number of benzene rings is 1. The molecular formula is C19H15F3N6. The van der Waals surface area contributed by atoms with Crippen molar-refractivity contribution in [3.8, 4) is 0 Å². The van der Waals surface area contributed by atoms with Crippen LogP contribution in [0.3, 0.4) is 0 Å². The largest absolute Gasteiger partial charge is 0.453 e. The SMILES string of the molecule is Cc1cccc(C(Nc2ccc3nnc(C(F)(F)F)n3n2)c2ccccn2)c1. The van der Waals surface area contributed by atoms with Gasteiger partial charge in [0.25, 0.3) is 5.82 Å². The monoisotopic (exact) mass is 384 g/mol. The summed E-state index contributed by atoms with van der Waals surface area (Å²) in [4.78, 5) is 4.39. The van der Waals surface area contributed by atoms with Gasteiger partial charge in [-0.25, -0.2) is 0 Å². The summed E-state index contributed by atoms with van der Waals surface area (Å²) in [5, 5.41) is 14.0. The molecule has 0 aliphatic rings.